The Balaban J connectivity index is 1.09. The molecule has 172 valence electrons. The summed E-state index contributed by atoms with van der Waals surface area (Å²) >= 11 is 0. The summed E-state index contributed by atoms with van der Waals surface area (Å²) in [5.41, 5.74) is 2.76. The number of methoxy groups -OCH3 is 1. The molecule has 2 aliphatic heterocycles. The van der Waals surface area contributed by atoms with Crippen molar-refractivity contribution in [3.63, 3.8) is 0 Å². The van der Waals surface area contributed by atoms with Gasteiger partial charge >= 0.3 is 5.97 Å². The first kappa shape index (κ1) is 20.5. The lowest BCUT2D eigenvalue weighted by molar-refractivity contribution is -0.147. The molecule has 3 heterocycles. The number of carbonyl (C=O) groups excluding carboxylic acids is 1. The van der Waals surface area contributed by atoms with Gasteiger partial charge in [-0.25, -0.2) is 0 Å². The number of hydrogen-bond donors (Lipinski definition) is 2. The van der Waals surface area contributed by atoms with Crippen molar-refractivity contribution in [3.05, 3.63) is 30.0 Å². The largest absolute Gasteiger partial charge is 0.497 e. The minimum atomic E-state index is -0.0367. The van der Waals surface area contributed by atoms with Crippen LogP contribution in [0.2, 0.25) is 0 Å². The van der Waals surface area contributed by atoms with E-state index in [1.807, 2.05) is 6.07 Å². The molecule has 2 aromatic rings. The lowest BCUT2D eigenvalue weighted by Crippen LogP contribution is -2.51. The zero-order valence-electron chi connectivity index (χ0n) is 19.1. The van der Waals surface area contributed by atoms with Crippen molar-refractivity contribution in [1.29, 1.82) is 0 Å². The molecule has 2 N–H and O–H groups in total. The maximum atomic E-state index is 12.8. The number of epoxide rings is 1. The summed E-state index contributed by atoms with van der Waals surface area (Å²) in [5, 5.41) is 4.76. The van der Waals surface area contributed by atoms with Crippen molar-refractivity contribution in [3.8, 4) is 5.75 Å². The van der Waals surface area contributed by atoms with Crippen molar-refractivity contribution in [2.45, 2.75) is 57.2 Å². The van der Waals surface area contributed by atoms with Gasteiger partial charge in [-0.05, 0) is 80.2 Å². The number of carbonyl (C=O) groups is 1. The molecule has 6 heteroatoms. The van der Waals surface area contributed by atoms with Gasteiger partial charge in [-0.3, -0.25) is 4.79 Å². The Morgan fingerprint density at radius 1 is 1.31 bits per heavy atom. The molecule has 6 rings (SSSR count). The highest BCUT2D eigenvalue weighted by Gasteiger charge is 2.64. The van der Waals surface area contributed by atoms with Crippen LogP contribution in [-0.4, -0.2) is 49.5 Å². The SMILES string of the molecule is COc1ccc2[nH]cc(CCNCC3C(=O)OC4CC5(C)CCCC6(CO6)C5CC43)c2c1. The van der Waals surface area contributed by atoms with Gasteiger partial charge in [0.25, 0.3) is 0 Å². The summed E-state index contributed by atoms with van der Waals surface area (Å²) < 4.78 is 17.3. The van der Waals surface area contributed by atoms with E-state index in [9.17, 15) is 4.79 Å². The Morgan fingerprint density at radius 3 is 3.00 bits per heavy atom. The fourth-order valence-corrected chi connectivity index (χ4v) is 7.16. The highest BCUT2D eigenvalue weighted by atomic mass is 16.6. The smallest absolute Gasteiger partial charge is 0.310 e. The predicted octanol–water partition coefficient (Wildman–Crippen LogP) is 3.84. The van der Waals surface area contributed by atoms with Gasteiger partial charge in [0.05, 0.1) is 25.2 Å². The van der Waals surface area contributed by atoms with E-state index in [0.29, 0.717) is 18.4 Å². The summed E-state index contributed by atoms with van der Waals surface area (Å²) in [4.78, 5) is 16.1. The third-order valence-electron chi connectivity index (χ3n) is 8.99. The minimum Gasteiger partial charge on any atom is -0.497 e. The van der Waals surface area contributed by atoms with Crippen LogP contribution in [0.5, 0.6) is 5.75 Å². The quantitative estimate of drug-likeness (QED) is 0.407. The monoisotopic (exact) mass is 438 g/mol. The number of H-pyrrole nitrogens is 1. The zero-order valence-corrected chi connectivity index (χ0v) is 19.1. The van der Waals surface area contributed by atoms with Gasteiger partial charge in [-0.2, -0.15) is 0 Å². The Hall–Kier alpha value is -2.05. The number of esters is 1. The first-order chi connectivity index (χ1) is 15.5. The maximum absolute atomic E-state index is 12.8. The van der Waals surface area contributed by atoms with Crippen LogP contribution < -0.4 is 10.1 Å². The van der Waals surface area contributed by atoms with E-state index in [-0.39, 0.29) is 29.0 Å². The van der Waals surface area contributed by atoms with Crippen molar-refractivity contribution in [1.82, 2.24) is 10.3 Å². The number of nitrogens with one attached hydrogen (secondary N) is 2. The Bertz CT molecular complexity index is 1030. The summed E-state index contributed by atoms with van der Waals surface area (Å²) in [5.74, 6) is 1.73. The second-order valence-corrected chi connectivity index (χ2v) is 10.8. The van der Waals surface area contributed by atoms with Crippen LogP contribution in [-0.2, 0) is 20.7 Å². The molecule has 1 aromatic heterocycles. The maximum Gasteiger partial charge on any atom is 0.310 e. The zero-order chi connectivity index (χ0) is 21.9. The standard InChI is InChI=1S/C26H34N2O4/c1-25-7-3-8-26(15-31-26)23(25)11-19-20(24(29)32-22(19)12-25)14-27-9-6-16-13-28-21-5-4-17(30-2)10-18(16)21/h4-5,10,13,19-20,22-23,27-28H,3,6-9,11-12,14-15H2,1-2H3. The van der Waals surface area contributed by atoms with Crippen LogP contribution in [0.15, 0.2) is 24.4 Å². The van der Waals surface area contributed by atoms with Crippen LogP contribution in [0.4, 0.5) is 0 Å². The van der Waals surface area contributed by atoms with Crippen LogP contribution in [0.3, 0.4) is 0 Å². The van der Waals surface area contributed by atoms with E-state index < -0.39 is 0 Å². The third kappa shape index (κ3) is 3.26. The normalized spacial score (nSPS) is 37.9. The highest BCUT2D eigenvalue weighted by molar-refractivity contribution is 5.84. The van der Waals surface area contributed by atoms with Crippen molar-refractivity contribution < 1.29 is 19.0 Å². The van der Waals surface area contributed by atoms with Gasteiger partial charge in [0.15, 0.2) is 0 Å². The van der Waals surface area contributed by atoms with Crippen LogP contribution in [0.25, 0.3) is 10.9 Å². The number of aromatic amines is 1. The molecule has 0 radical (unpaired) electrons. The van der Waals surface area contributed by atoms with Gasteiger partial charge in [0.2, 0.25) is 0 Å². The number of fused-ring (bicyclic) bond motifs is 4. The molecule has 6 nitrogen and oxygen atoms in total. The van der Waals surface area contributed by atoms with E-state index >= 15 is 0 Å². The van der Waals surface area contributed by atoms with Crippen molar-refractivity contribution in [2.24, 2.45) is 23.2 Å². The molecule has 32 heavy (non-hydrogen) atoms. The molecule has 1 aromatic carbocycles. The van der Waals surface area contributed by atoms with Gasteiger partial charge in [-0.1, -0.05) is 6.92 Å². The fourth-order valence-electron chi connectivity index (χ4n) is 7.16. The van der Waals surface area contributed by atoms with Gasteiger partial charge in [0.1, 0.15) is 11.9 Å². The molecule has 0 amide bonds. The summed E-state index contributed by atoms with van der Waals surface area (Å²) in [6, 6.07) is 6.11. The minimum absolute atomic E-state index is 0.00246. The Kier molecular flexibility index (Phi) is 4.81. The highest BCUT2D eigenvalue weighted by Crippen LogP contribution is 2.62. The third-order valence-corrected chi connectivity index (χ3v) is 8.99. The molecule has 2 aliphatic carbocycles. The van der Waals surface area contributed by atoms with Crippen LogP contribution in [0, 0.1) is 23.2 Å². The average molecular weight is 439 g/mol. The first-order valence-corrected chi connectivity index (χ1v) is 12.2. The topological polar surface area (TPSA) is 75.9 Å². The molecule has 4 aliphatic rings. The Morgan fingerprint density at radius 2 is 2.19 bits per heavy atom. The number of aromatic nitrogens is 1. The fraction of sp³-hybridized carbons (Fsp3) is 0.654. The molecule has 0 bridgehead atoms. The van der Waals surface area contributed by atoms with E-state index in [4.69, 9.17) is 14.2 Å². The van der Waals surface area contributed by atoms with Gasteiger partial charge in [-0.15, -0.1) is 0 Å². The molecule has 1 spiro atoms. The average Bonchev–Trinajstić information content (AvgIpc) is 3.33. The molecule has 2 saturated heterocycles. The second kappa shape index (κ2) is 7.49. The Labute approximate surface area is 189 Å². The summed E-state index contributed by atoms with van der Waals surface area (Å²) in [6.07, 6.45) is 8.81. The number of hydrogen-bond acceptors (Lipinski definition) is 5. The summed E-state index contributed by atoms with van der Waals surface area (Å²) in [7, 11) is 1.70. The number of ether oxygens (including phenoxy) is 3. The van der Waals surface area contributed by atoms with Crippen molar-refractivity contribution >= 4 is 16.9 Å². The molecular weight excluding hydrogens is 404 g/mol. The van der Waals surface area contributed by atoms with Gasteiger partial charge in [0, 0.05) is 29.6 Å². The summed E-state index contributed by atoms with van der Waals surface area (Å²) in [6.45, 7) is 4.85. The molecule has 6 atom stereocenters. The van der Waals surface area contributed by atoms with Crippen molar-refractivity contribution in [2.75, 3.05) is 26.8 Å². The van der Waals surface area contributed by atoms with E-state index in [0.717, 1.165) is 43.7 Å². The lowest BCUT2D eigenvalue weighted by atomic mass is 9.53. The van der Waals surface area contributed by atoms with Gasteiger partial charge < -0.3 is 24.5 Å². The lowest BCUT2D eigenvalue weighted by Gasteiger charge is -2.51. The van der Waals surface area contributed by atoms with E-state index in [1.54, 1.807) is 7.11 Å². The second-order valence-electron chi connectivity index (χ2n) is 10.8. The van der Waals surface area contributed by atoms with E-state index in [2.05, 4.69) is 35.6 Å². The molecule has 2 saturated carbocycles. The molecule has 6 unspecified atom stereocenters. The van der Waals surface area contributed by atoms with Crippen LogP contribution >= 0.6 is 0 Å². The van der Waals surface area contributed by atoms with E-state index in [1.165, 1.54) is 30.2 Å². The number of rotatable bonds is 6. The molecular formula is C26H34N2O4. The first-order valence-electron chi connectivity index (χ1n) is 12.2. The number of benzene rings is 1. The predicted molar refractivity (Wildman–Crippen MR) is 122 cm³/mol. The van der Waals surface area contributed by atoms with Crippen LogP contribution in [0.1, 0.15) is 44.6 Å². The molecule has 4 fully saturated rings.